The molecule has 2 aromatic carbocycles. The lowest BCUT2D eigenvalue weighted by atomic mass is 9.97. The van der Waals surface area contributed by atoms with Crippen molar-refractivity contribution in [1.29, 1.82) is 0 Å². The number of rotatable bonds is 10. The van der Waals surface area contributed by atoms with Crippen molar-refractivity contribution in [2.24, 2.45) is 0 Å². The number of nitrogens with zero attached hydrogens (tertiary/aromatic N) is 2. The number of hydrogen-bond acceptors (Lipinski definition) is 7. The molecule has 0 aliphatic carbocycles. The van der Waals surface area contributed by atoms with Crippen LogP contribution in [0, 0.1) is 0 Å². The zero-order chi connectivity index (χ0) is 23.9. The third-order valence-electron chi connectivity index (χ3n) is 5.68. The van der Waals surface area contributed by atoms with Crippen LogP contribution in [0.5, 0.6) is 17.2 Å². The van der Waals surface area contributed by atoms with Crippen LogP contribution >= 0.6 is 0 Å². The Kier molecular flexibility index (Phi) is 7.47. The maximum absolute atomic E-state index is 11.2. The van der Waals surface area contributed by atoms with Crippen molar-refractivity contribution in [2.75, 3.05) is 32.2 Å². The summed E-state index contributed by atoms with van der Waals surface area (Å²) in [6, 6.07) is 11.6. The maximum atomic E-state index is 11.2. The van der Waals surface area contributed by atoms with Crippen LogP contribution in [0.4, 0.5) is 5.82 Å². The minimum absolute atomic E-state index is 0.0233. The van der Waals surface area contributed by atoms with Crippen LogP contribution in [-0.4, -0.2) is 47.9 Å². The number of aryl methyl sites for hydroxylation is 1. The highest BCUT2D eigenvalue weighted by Gasteiger charge is 2.16. The molecule has 2 N–H and O–H groups in total. The highest BCUT2D eigenvalue weighted by molar-refractivity contribution is 5.72. The molecular weight excluding hydrogens is 434 g/mol. The van der Waals surface area contributed by atoms with Gasteiger partial charge < -0.3 is 24.6 Å². The van der Waals surface area contributed by atoms with Gasteiger partial charge in [-0.1, -0.05) is 25.5 Å². The van der Waals surface area contributed by atoms with Crippen LogP contribution in [-0.2, 0) is 24.1 Å². The summed E-state index contributed by atoms with van der Waals surface area (Å²) in [4.78, 5) is 20.0. The standard InChI is InChI=1S/C26H29N3O5/c1-3-4-17-11-19(6-5-18(17)13-26(30)31)21-14-25(29-16-28-21)27-8-7-20-12-23-24(15-22(20)32-2)34-10-9-33-23/h5-6,11-12,14-16H,3-4,7-10,13H2,1-2H3,(H,30,31)(H,27,28,29). The quantitative estimate of drug-likeness (QED) is 0.462. The van der Waals surface area contributed by atoms with Crippen molar-refractivity contribution in [3.05, 3.63) is 59.4 Å². The molecule has 0 saturated heterocycles. The number of hydrogen-bond donors (Lipinski definition) is 2. The second-order valence-electron chi connectivity index (χ2n) is 8.08. The predicted molar refractivity (Wildman–Crippen MR) is 129 cm³/mol. The van der Waals surface area contributed by atoms with Gasteiger partial charge in [0.15, 0.2) is 11.5 Å². The number of anilines is 1. The van der Waals surface area contributed by atoms with E-state index in [1.807, 2.05) is 36.4 Å². The van der Waals surface area contributed by atoms with Crippen molar-refractivity contribution >= 4 is 11.8 Å². The zero-order valence-corrected chi connectivity index (χ0v) is 19.5. The van der Waals surface area contributed by atoms with Crippen LogP contribution in [0.15, 0.2) is 42.7 Å². The molecule has 0 spiro atoms. The van der Waals surface area contributed by atoms with E-state index < -0.39 is 5.97 Å². The molecule has 0 unspecified atom stereocenters. The molecule has 2 heterocycles. The molecule has 1 aromatic heterocycles. The molecule has 0 fully saturated rings. The fourth-order valence-electron chi connectivity index (χ4n) is 4.06. The first-order valence-electron chi connectivity index (χ1n) is 11.4. The van der Waals surface area contributed by atoms with Gasteiger partial charge >= 0.3 is 5.97 Å². The number of methoxy groups -OCH3 is 1. The molecule has 178 valence electrons. The number of nitrogens with one attached hydrogen (secondary N) is 1. The van der Waals surface area contributed by atoms with E-state index in [2.05, 4.69) is 22.2 Å². The number of benzene rings is 2. The van der Waals surface area contributed by atoms with Gasteiger partial charge in [0, 0.05) is 24.2 Å². The fourth-order valence-corrected chi connectivity index (χ4v) is 4.06. The Hall–Kier alpha value is -3.81. The molecule has 0 amide bonds. The molecular formula is C26H29N3O5. The maximum Gasteiger partial charge on any atom is 0.307 e. The van der Waals surface area contributed by atoms with Gasteiger partial charge in [-0.05, 0) is 41.7 Å². The first-order chi connectivity index (χ1) is 16.6. The Morgan fingerprint density at radius 1 is 1.03 bits per heavy atom. The SMILES string of the molecule is CCCc1cc(-c2cc(NCCc3cc4c(cc3OC)OCCO4)ncn2)ccc1CC(=O)O. The van der Waals surface area contributed by atoms with Crippen molar-refractivity contribution in [1.82, 2.24) is 9.97 Å². The van der Waals surface area contributed by atoms with E-state index in [0.717, 1.165) is 52.3 Å². The molecule has 0 saturated carbocycles. The Morgan fingerprint density at radius 2 is 1.82 bits per heavy atom. The van der Waals surface area contributed by atoms with E-state index in [9.17, 15) is 9.90 Å². The normalized spacial score (nSPS) is 12.3. The molecule has 3 aromatic rings. The Morgan fingerprint density at radius 3 is 2.56 bits per heavy atom. The van der Waals surface area contributed by atoms with Gasteiger partial charge in [0.1, 0.15) is 31.1 Å². The van der Waals surface area contributed by atoms with Gasteiger partial charge in [0.2, 0.25) is 0 Å². The van der Waals surface area contributed by atoms with Gasteiger partial charge in [0.05, 0.1) is 19.2 Å². The second kappa shape index (κ2) is 10.9. The summed E-state index contributed by atoms with van der Waals surface area (Å²) < 4.78 is 16.9. The number of carboxylic acids is 1. The number of carboxylic acid groups (broad SMARTS) is 1. The molecule has 8 nitrogen and oxygen atoms in total. The van der Waals surface area contributed by atoms with Gasteiger partial charge in [0.25, 0.3) is 0 Å². The number of carbonyl (C=O) groups is 1. The lowest BCUT2D eigenvalue weighted by molar-refractivity contribution is -0.136. The summed E-state index contributed by atoms with van der Waals surface area (Å²) in [6.07, 6.45) is 4.03. The summed E-state index contributed by atoms with van der Waals surface area (Å²) in [6.45, 7) is 3.80. The van der Waals surface area contributed by atoms with Crippen LogP contribution in [0.2, 0.25) is 0 Å². The van der Waals surface area contributed by atoms with E-state index in [-0.39, 0.29) is 6.42 Å². The summed E-state index contributed by atoms with van der Waals surface area (Å²) >= 11 is 0. The Balaban J connectivity index is 1.46. The first kappa shape index (κ1) is 23.4. The van der Waals surface area contributed by atoms with Gasteiger partial charge in [-0.3, -0.25) is 4.79 Å². The van der Waals surface area contributed by atoms with Crippen LogP contribution in [0.25, 0.3) is 11.3 Å². The van der Waals surface area contributed by atoms with Crippen LogP contribution < -0.4 is 19.5 Å². The minimum atomic E-state index is -0.826. The monoisotopic (exact) mass is 463 g/mol. The Labute approximate surface area is 198 Å². The van der Waals surface area contributed by atoms with Crippen LogP contribution in [0.3, 0.4) is 0 Å². The summed E-state index contributed by atoms with van der Waals surface area (Å²) in [5.74, 6) is 2.10. The fraction of sp³-hybridized carbons (Fsp3) is 0.346. The summed E-state index contributed by atoms with van der Waals surface area (Å²) in [5.41, 5.74) is 4.64. The average Bonchev–Trinajstić information content (AvgIpc) is 2.84. The predicted octanol–water partition coefficient (Wildman–Crippen LogP) is 4.16. The molecule has 1 aliphatic heterocycles. The molecule has 0 radical (unpaired) electrons. The van der Waals surface area contributed by atoms with E-state index >= 15 is 0 Å². The molecule has 1 aliphatic rings. The van der Waals surface area contributed by atoms with Crippen molar-refractivity contribution in [3.8, 4) is 28.5 Å². The lowest BCUT2D eigenvalue weighted by Gasteiger charge is -2.20. The summed E-state index contributed by atoms with van der Waals surface area (Å²) in [7, 11) is 1.65. The van der Waals surface area contributed by atoms with Crippen LogP contribution in [0.1, 0.15) is 30.0 Å². The molecule has 4 rings (SSSR count). The second-order valence-corrected chi connectivity index (χ2v) is 8.08. The van der Waals surface area contributed by atoms with Crippen molar-refractivity contribution < 1.29 is 24.1 Å². The first-order valence-corrected chi connectivity index (χ1v) is 11.4. The number of ether oxygens (including phenoxy) is 3. The van der Waals surface area contributed by atoms with E-state index in [0.29, 0.717) is 37.7 Å². The average molecular weight is 464 g/mol. The lowest BCUT2D eigenvalue weighted by Crippen LogP contribution is -2.16. The summed E-state index contributed by atoms with van der Waals surface area (Å²) in [5, 5.41) is 12.5. The largest absolute Gasteiger partial charge is 0.496 e. The topological polar surface area (TPSA) is 103 Å². The highest BCUT2D eigenvalue weighted by atomic mass is 16.6. The number of aromatic nitrogens is 2. The zero-order valence-electron chi connectivity index (χ0n) is 19.5. The third-order valence-corrected chi connectivity index (χ3v) is 5.68. The molecule has 8 heteroatoms. The van der Waals surface area contributed by atoms with Gasteiger partial charge in [-0.2, -0.15) is 0 Å². The van der Waals surface area contributed by atoms with Crippen molar-refractivity contribution in [2.45, 2.75) is 32.6 Å². The molecule has 0 atom stereocenters. The minimum Gasteiger partial charge on any atom is -0.496 e. The van der Waals surface area contributed by atoms with Gasteiger partial charge in [-0.15, -0.1) is 0 Å². The van der Waals surface area contributed by atoms with Crippen molar-refractivity contribution in [3.63, 3.8) is 0 Å². The molecule has 34 heavy (non-hydrogen) atoms. The van der Waals surface area contributed by atoms with E-state index in [1.165, 1.54) is 6.33 Å². The molecule has 0 bridgehead atoms. The number of aliphatic carboxylic acids is 1. The Bertz CT molecular complexity index is 1170. The smallest absolute Gasteiger partial charge is 0.307 e. The highest BCUT2D eigenvalue weighted by Crippen LogP contribution is 2.37. The van der Waals surface area contributed by atoms with Gasteiger partial charge in [-0.25, -0.2) is 9.97 Å². The number of fused-ring (bicyclic) bond motifs is 1. The third kappa shape index (κ3) is 5.57. The van der Waals surface area contributed by atoms with E-state index in [1.54, 1.807) is 7.11 Å². The van der Waals surface area contributed by atoms with E-state index in [4.69, 9.17) is 14.2 Å².